The number of hydrogen-bond donors (Lipinski definition) is 1. The first-order valence-corrected chi connectivity index (χ1v) is 12.6. The van der Waals surface area contributed by atoms with Crippen LogP contribution in [0.15, 0.2) is 41.3 Å². The van der Waals surface area contributed by atoms with E-state index in [-0.39, 0.29) is 23.3 Å². The quantitative estimate of drug-likeness (QED) is 0.508. The Hall–Kier alpha value is -3.11. The maximum absolute atomic E-state index is 13.1. The molecule has 2 aromatic carbocycles. The van der Waals surface area contributed by atoms with Gasteiger partial charge in [-0.1, -0.05) is 6.42 Å². The Labute approximate surface area is 200 Å². The summed E-state index contributed by atoms with van der Waals surface area (Å²) < 4.78 is 44.2. The summed E-state index contributed by atoms with van der Waals surface area (Å²) in [6.07, 6.45) is 3.16. The lowest BCUT2D eigenvalue weighted by Gasteiger charge is -2.26. The van der Waals surface area contributed by atoms with Crippen LogP contribution in [0.1, 0.15) is 43.5 Å². The molecule has 0 spiro atoms. The normalized spacial score (nSPS) is 14.5. The SMILES string of the molecule is COc1cc(C=O)ccc1OCC(=O)Nc1cc(S(=O)(=O)N2CCCCC2)ccc1OC(C)C. The average molecular weight is 491 g/mol. The van der Waals surface area contributed by atoms with E-state index in [1.54, 1.807) is 12.1 Å². The van der Waals surface area contributed by atoms with Crippen LogP contribution in [-0.2, 0) is 14.8 Å². The molecule has 0 aromatic heterocycles. The highest BCUT2D eigenvalue weighted by molar-refractivity contribution is 7.89. The standard InChI is InChI=1S/C24H30N2O7S/c1-17(2)33-21-10-8-19(34(29,30)26-11-5-4-6-12-26)14-20(21)25-24(28)16-32-22-9-7-18(15-27)13-23(22)31-3/h7-10,13-15,17H,4-6,11-12,16H2,1-3H3,(H,25,28). The van der Waals surface area contributed by atoms with Gasteiger partial charge in [-0.15, -0.1) is 0 Å². The van der Waals surface area contributed by atoms with Gasteiger partial charge in [0.1, 0.15) is 12.0 Å². The van der Waals surface area contributed by atoms with Crippen molar-refractivity contribution in [2.24, 2.45) is 0 Å². The topological polar surface area (TPSA) is 111 Å². The molecule has 1 aliphatic heterocycles. The van der Waals surface area contributed by atoms with Crippen LogP contribution >= 0.6 is 0 Å². The molecule has 34 heavy (non-hydrogen) atoms. The summed E-state index contributed by atoms with van der Waals surface area (Å²) in [4.78, 5) is 23.7. The van der Waals surface area contributed by atoms with Gasteiger partial charge >= 0.3 is 0 Å². The number of piperidine rings is 1. The first-order valence-electron chi connectivity index (χ1n) is 11.1. The Kier molecular flexibility index (Phi) is 8.51. The first-order chi connectivity index (χ1) is 16.2. The molecule has 0 bridgehead atoms. The van der Waals surface area contributed by atoms with Gasteiger partial charge in [0.05, 0.1) is 23.8 Å². The van der Waals surface area contributed by atoms with Gasteiger partial charge in [-0.2, -0.15) is 4.31 Å². The fourth-order valence-electron chi connectivity index (χ4n) is 3.58. The van der Waals surface area contributed by atoms with E-state index in [9.17, 15) is 18.0 Å². The number of ether oxygens (including phenoxy) is 3. The Morgan fingerprint density at radius 1 is 1.06 bits per heavy atom. The van der Waals surface area contributed by atoms with Gasteiger partial charge in [0, 0.05) is 18.7 Å². The predicted octanol–water partition coefficient (Wildman–Crippen LogP) is 3.49. The van der Waals surface area contributed by atoms with Crippen molar-refractivity contribution >= 4 is 27.9 Å². The predicted molar refractivity (Wildman–Crippen MR) is 127 cm³/mol. The number of benzene rings is 2. The van der Waals surface area contributed by atoms with E-state index in [0.717, 1.165) is 19.3 Å². The molecule has 9 nitrogen and oxygen atoms in total. The van der Waals surface area contributed by atoms with Gasteiger partial charge in [-0.3, -0.25) is 9.59 Å². The number of methoxy groups -OCH3 is 1. The lowest BCUT2D eigenvalue weighted by atomic mass is 10.2. The molecule has 3 rings (SSSR count). The van der Waals surface area contributed by atoms with Crippen LogP contribution < -0.4 is 19.5 Å². The third-order valence-corrected chi connectivity index (χ3v) is 7.12. The zero-order valence-corrected chi connectivity index (χ0v) is 20.4. The highest BCUT2D eigenvalue weighted by Gasteiger charge is 2.27. The lowest BCUT2D eigenvalue weighted by molar-refractivity contribution is -0.118. The van der Waals surface area contributed by atoms with Crippen molar-refractivity contribution in [1.82, 2.24) is 4.31 Å². The minimum absolute atomic E-state index is 0.0906. The fraction of sp³-hybridized carbons (Fsp3) is 0.417. The van der Waals surface area contributed by atoms with E-state index in [4.69, 9.17) is 14.2 Å². The van der Waals surface area contributed by atoms with Crippen molar-refractivity contribution in [1.29, 1.82) is 0 Å². The van der Waals surface area contributed by atoms with Crippen LogP contribution in [0.4, 0.5) is 5.69 Å². The van der Waals surface area contributed by atoms with Gasteiger partial charge < -0.3 is 19.5 Å². The molecular formula is C24H30N2O7S. The Morgan fingerprint density at radius 3 is 2.41 bits per heavy atom. The summed E-state index contributed by atoms with van der Waals surface area (Å²) in [7, 11) is -2.26. The van der Waals surface area contributed by atoms with Gasteiger partial charge in [0.2, 0.25) is 10.0 Å². The third kappa shape index (κ3) is 6.27. The molecule has 0 aliphatic carbocycles. The van der Waals surface area contributed by atoms with Crippen molar-refractivity contribution < 1.29 is 32.2 Å². The van der Waals surface area contributed by atoms with Crippen molar-refractivity contribution in [3.8, 4) is 17.2 Å². The van der Waals surface area contributed by atoms with Crippen molar-refractivity contribution in [2.75, 3.05) is 32.1 Å². The number of nitrogens with zero attached hydrogens (tertiary/aromatic N) is 1. The third-order valence-electron chi connectivity index (χ3n) is 5.22. The molecule has 0 radical (unpaired) electrons. The fourth-order valence-corrected chi connectivity index (χ4v) is 5.13. The molecule has 1 saturated heterocycles. The van der Waals surface area contributed by atoms with Crippen LogP contribution in [0.3, 0.4) is 0 Å². The molecule has 1 fully saturated rings. The van der Waals surface area contributed by atoms with Gasteiger partial charge in [0.25, 0.3) is 5.91 Å². The average Bonchev–Trinajstić information content (AvgIpc) is 2.83. The van der Waals surface area contributed by atoms with Crippen molar-refractivity contribution in [2.45, 2.75) is 44.1 Å². The maximum Gasteiger partial charge on any atom is 0.262 e. The second-order valence-electron chi connectivity index (χ2n) is 8.15. The minimum Gasteiger partial charge on any atom is -0.493 e. The number of rotatable bonds is 10. The number of carbonyl (C=O) groups excluding carboxylic acids is 2. The van der Waals surface area contributed by atoms with E-state index >= 15 is 0 Å². The van der Waals surface area contributed by atoms with E-state index < -0.39 is 15.9 Å². The van der Waals surface area contributed by atoms with Crippen molar-refractivity contribution in [3.63, 3.8) is 0 Å². The van der Waals surface area contributed by atoms with E-state index in [0.29, 0.717) is 42.2 Å². The van der Waals surface area contributed by atoms with Crippen LogP contribution in [0, 0.1) is 0 Å². The van der Waals surface area contributed by atoms with Crippen molar-refractivity contribution in [3.05, 3.63) is 42.0 Å². The van der Waals surface area contributed by atoms with Crippen LogP contribution in [0.25, 0.3) is 0 Å². The van der Waals surface area contributed by atoms with Gasteiger partial charge in [0.15, 0.2) is 18.1 Å². The summed E-state index contributed by atoms with van der Waals surface area (Å²) >= 11 is 0. The highest BCUT2D eigenvalue weighted by Crippen LogP contribution is 2.31. The van der Waals surface area contributed by atoms with Crippen LogP contribution in [0.2, 0.25) is 0 Å². The molecule has 1 N–H and O–H groups in total. The largest absolute Gasteiger partial charge is 0.493 e. The maximum atomic E-state index is 13.1. The number of amides is 1. The number of sulfonamides is 1. The van der Waals surface area contributed by atoms with Crippen LogP contribution in [0.5, 0.6) is 17.2 Å². The van der Waals surface area contributed by atoms with Crippen LogP contribution in [-0.4, -0.2) is 57.8 Å². The molecular weight excluding hydrogens is 460 g/mol. The van der Waals surface area contributed by atoms with Gasteiger partial charge in [-0.25, -0.2) is 8.42 Å². The van der Waals surface area contributed by atoms with Gasteiger partial charge in [-0.05, 0) is 63.1 Å². The zero-order valence-electron chi connectivity index (χ0n) is 19.6. The highest BCUT2D eigenvalue weighted by atomic mass is 32.2. The minimum atomic E-state index is -3.69. The number of carbonyl (C=O) groups is 2. The Morgan fingerprint density at radius 2 is 1.76 bits per heavy atom. The molecule has 1 heterocycles. The van der Waals surface area contributed by atoms with E-state index in [1.807, 2.05) is 13.8 Å². The molecule has 10 heteroatoms. The second kappa shape index (κ2) is 11.3. The summed E-state index contributed by atoms with van der Waals surface area (Å²) in [5.74, 6) is 0.454. The molecule has 0 unspecified atom stereocenters. The molecule has 2 aromatic rings. The van der Waals surface area contributed by atoms with E-state index in [1.165, 1.54) is 35.7 Å². The number of nitrogens with one attached hydrogen (secondary N) is 1. The second-order valence-corrected chi connectivity index (χ2v) is 10.1. The van der Waals surface area contributed by atoms with E-state index in [2.05, 4.69) is 5.32 Å². The molecule has 1 aliphatic rings. The number of hydrogen-bond acceptors (Lipinski definition) is 7. The summed E-state index contributed by atoms with van der Waals surface area (Å²) in [5.41, 5.74) is 0.652. The smallest absolute Gasteiger partial charge is 0.262 e. The zero-order chi connectivity index (χ0) is 24.7. The Balaban J connectivity index is 1.79. The number of anilines is 1. The Bertz CT molecular complexity index is 1130. The molecule has 0 atom stereocenters. The molecule has 1 amide bonds. The molecule has 0 saturated carbocycles. The lowest BCUT2D eigenvalue weighted by Crippen LogP contribution is -2.35. The summed E-state index contributed by atoms with van der Waals surface area (Å²) in [5, 5.41) is 2.69. The number of aldehydes is 1. The summed E-state index contributed by atoms with van der Waals surface area (Å²) in [6.45, 7) is 4.27. The summed E-state index contributed by atoms with van der Waals surface area (Å²) in [6, 6.07) is 9.05. The molecule has 184 valence electrons. The first kappa shape index (κ1) is 25.5. The monoisotopic (exact) mass is 490 g/mol.